The van der Waals surface area contributed by atoms with Gasteiger partial charge in [0.1, 0.15) is 0 Å². The summed E-state index contributed by atoms with van der Waals surface area (Å²) in [6.45, 7) is 0. The summed E-state index contributed by atoms with van der Waals surface area (Å²) in [5, 5.41) is 0. The SMILES string of the molecule is Cl.Fc1cc[c]([Zn])cc1F. The zero-order valence-electron chi connectivity index (χ0n) is 5.10. The Morgan fingerprint density at radius 3 is 2.10 bits per heavy atom. The van der Waals surface area contributed by atoms with Crippen LogP contribution in [-0.4, -0.2) is 0 Å². The molecule has 51 valence electrons. The molecule has 0 aliphatic heterocycles. The van der Waals surface area contributed by atoms with E-state index < -0.39 is 11.6 Å². The first-order valence-electron chi connectivity index (χ1n) is 2.47. The first-order valence-corrected chi connectivity index (χ1v) is 3.95. The van der Waals surface area contributed by atoms with E-state index in [9.17, 15) is 8.78 Å². The normalized spacial score (nSPS) is 8.80. The van der Waals surface area contributed by atoms with Gasteiger partial charge in [-0.1, -0.05) is 0 Å². The Bertz CT molecular complexity index is 227. The molecular weight excluding hydrogens is 211 g/mol. The van der Waals surface area contributed by atoms with Crippen LogP contribution in [0.2, 0.25) is 0 Å². The first-order chi connectivity index (χ1) is 4.20. The molecular formula is C6H4ClF2Zn. The maximum absolute atomic E-state index is 12.2. The molecule has 0 bridgehead atoms. The monoisotopic (exact) mass is 213 g/mol. The predicted molar refractivity (Wildman–Crippen MR) is 33.2 cm³/mol. The molecule has 0 atom stereocenters. The Kier molecular flexibility index (Phi) is 3.99. The maximum atomic E-state index is 12.2. The second-order valence-electron chi connectivity index (χ2n) is 1.75. The quantitative estimate of drug-likeness (QED) is 0.576. The van der Waals surface area contributed by atoms with Crippen molar-refractivity contribution in [3.8, 4) is 0 Å². The van der Waals surface area contributed by atoms with Gasteiger partial charge in [0.05, 0.1) is 0 Å². The fraction of sp³-hybridized carbons (Fsp3) is 0. The first kappa shape index (κ1) is 9.99. The minimum atomic E-state index is -0.771. The third kappa shape index (κ3) is 2.32. The Hall–Kier alpha value is -0.00662. The van der Waals surface area contributed by atoms with Crippen LogP contribution < -0.4 is 4.16 Å². The fourth-order valence-corrected chi connectivity index (χ4v) is 1.16. The van der Waals surface area contributed by atoms with Gasteiger partial charge in [-0.05, 0) is 0 Å². The summed E-state index contributed by atoms with van der Waals surface area (Å²) in [5.74, 6) is -1.52. The molecule has 0 fully saturated rings. The van der Waals surface area contributed by atoms with E-state index in [0.717, 1.165) is 28.5 Å². The molecule has 1 rings (SSSR count). The van der Waals surface area contributed by atoms with E-state index in [1.165, 1.54) is 6.07 Å². The molecule has 1 aromatic carbocycles. The van der Waals surface area contributed by atoms with Crippen LogP contribution in [0.5, 0.6) is 0 Å². The van der Waals surface area contributed by atoms with Crippen molar-refractivity contribution in [1.29, 1.82) is 0 Å². The Morgan fingerprint density at radius 1 is 1.10 bits per heavy atom. The Morgan fingerprint density at radius 2 is 1.70 bits per heavy atom. The number of benzene rings is 1. The van der Waals surface area contributed by atoms with E-state index in [1.54, 1.807) is 6.07 Å². The number of hydrogen-bond acceptors (Lipinski definition) is 0. The fourth-order valence-electron chi connectivity index (χ4n) is 0.540. The van der Waals surface area contributed by atoms with E-state index in [0.29, 0.717) is 0 Å². The summed E-state index contributed by atoms with van der Waals surface area (Å²) in [6.07, 6.45) is 0. The van der Waals surface area contributed by atoms with Crippen molar-refractivity contribution in [3.05, 3.63) is 29.8 Å². The van der Waals surface area contributed by atoms with Gasteiger partial charge in [0.25, 0.3) is 0 Å². The van der Waals surface area contributed by atoms with Crippen LogP contribution in [-0.2, 0) is 18.3 Å². The molecule has 0 saturated heterocycles. The van der Waals surface area contributed by atoms with Gasteiger partial charge in [0, 0.05) is 0 Å². The Labute approximate surface area is 73.7 Å². The van der Waals surface area contributed by atoms with Crippen LogP contribution in [0.4, 0.5) is 8.78 Å². The molecule has 10 heavy (non-hydrogen) atoms. The molecule has 0 aliphatic rings. The van der Waals surface area contributed by atoms with E-state index >= 15 is 0 Å². The van der Waals surface area contributed by atoms with Gasteiger partial charge in [-0.2, -0.15) is 0 Å². The van der Waals surface area contributed by atoms with Crippen molar-refractivity contribution in [2.75, 3.05) is 0 Å². The van der Waals surface area contributed by atoms with Gasteiger partial charge in [-0.3, -0.25) is 0 Å². The van der Waals surface area contributed by atoms with E-state index in [1.807, 2.05) is 0 Å². The Balaban J connectivity index is 0.000000810. The molecule has 4 heteroatoms. The molecule has 0 radical (unpaired) electrons. The van der Waals surface area contributed by atoms with Gasteiger partial charge >= 0.3 is 61.1 Å². The molecule has 0 amide bonds. The zero-order valence-corrected chi connectivity index (χ0v) is 8.89. The molecule has 0 nitrogen and oxygen atoms in total. The van der Waals surface area contributed by atoms with E-state index in [-0.39, 0.29) is 12.4 Å². The zero-order chi connectivity index (χ0) is 6.85. The van der Waals surface area contributed by atoms with Gasteiger partial charge in [0.15, 0.2) is 0 Å². The molecule has 0 spiro atoms. The van der Waals surface area contributed by atoms with Gasteiger partial charge in [-0.15, -0.1) is 12.4 Å². The second-order valence-corrected chi connectivity index (χ2v) is 3.46. The molecule has 0 aromatic heterocycles. The van der Waals surface area contributed by atoms with Crippen LogP contribution in [0.3, 0.4) is 0 Å². The van der Waals surface area contributed by atoms with Crippen LogP contribution in [0, 0.1) is 11.6 Å². The van der Waals surface area contributed by atoms with Gasteiger partial charge in [-0.25, -0.2) is 0 Å². The van der Waals surface area contributed by atoms with E-state index in [4.69, 9.17) is 0 Å². The average Bonchev–Trinajstić information content (AvgIpc) is 1.80. The third-order valence-electron chi connectivity index (χ3n) is 0.984. The second kappa shape index (κ2) is 3.99. The van der Waals surface area contributed by atoms with Crippen molar-refractivity contribution in [2.24, 2.45) is 0 Å². The predicted octanol–water partition coefficient (Wildman–Crippen LogP) is 1.56. The van der Waals surface area contributed by atoms with Crippen LogP contribution >= 0.6 is 12.4 Å². The van der Waals surface area contributed by atoms with Gasteiger partial charge in [0.2, 0.25) is 0 Å². The van der Waals surface area contributed by atoms with Crippen molar-refractivity contribution in [3.63, 3.8) is 0 Å². The summed E-state index contributed by atoms with van der Waals surface area (Å²) in [6, 6.07) is 3.95. The number of rotatable bonds is 0. The standard InChI is InChI=1S/C6H3F2.ClH.Zn/c7-5-3-1-2-4-6(5)8;;/h1,3-4H;1H;. The van der Waals surface area contributed by atoms with E-state index in [2.05, 4.69) is 0 Å². The van der Waals surface area contributed by atoms with Gasteiger partial charge < -0.3 is 0 Å². The van der Waals surface area contributed by atoms with Crippen LogP contribution in [0.1, 0.15) is 0 Å². The number of hydrogen-bond donors (Lipinski definition) is 0. The summed E-state index contributed by atoms with van der Waals surface area (Å²) < 4.78 is 25.2. The van der Waals surface area contributed by atoms with Crippen molar-refractivity contribution < 1.29 is 27.1 Å². The van der Waals surface area contributed by atoms with Crippen molar-refractivity contribution >= 4 is 16.6 Å². The third-order valence-corrected chi connectivity index (χ3v) is 1.91. The minimum absolute atomic E-state index is 0. The summed E-state index contributed by atoms with van der Waals surface area (Å²) in [4.78, 5) is 0. The molecule has 0 aliphatic carbocycles. The molecule has 0 unspecified atom stereocenters. The summed E-state index contributed by atoms with van der Waals surface area (Å²) in [7, 11) is 0. The molecule has 0 saturated carbocycles. The average molecular weight is 215 g/mol. The molecule has 1 aromatic rings. The summed E-state index contributed by atoms with van der Waals surface area (Å²) >= 11 is 0.858. The van der Waals surface area contributed by atoms with Crippen molar-refractivity contribution in [2.45, 2.75) is 0 Å². The molecule has 0 heterocycles. The topological polar surface area (TPSA) is 0 Å². The summed E-state index contributed by atoms with van der Waals surface area (Å²) in [5.41, 5.74) is 0. The van der Waals surface area contributed by atoms with Crippen molar-refractivity contribution in [1.82, 2.24) is 0 Å². The molecule has 0 N–H and O–H groups in total. The van der Waals surface area contributed by atoms with Crippen LogP contribution in [0.15, 0.2) is 18.2 Å². The number of halogens is 3. The van der Waals surface area contributed by atoms with Crippen LogP contribution in [0.25, 0.3) is 0 Å².